The van der Waals surface area contributed by atoms with E-state index in [1.807, 2.05) is 0 Å². The van der Waals surface area contributed by atoms with Crippen LogP contribution in [0.5, 0.6) is 0 Å². The van der Waals surface area contributed by atoms with Crippen molar-refractivity contribution >= 4 is 11.8 Å². The minimum absolute atomic E-state index is 0.151. The van der Waals surface area contributed by atoms with Crippen molar-refractivity contribution in [2.75, 3.05) is 13.1 Å². The van der Waals surface area contributed by atoms with Crippen LogP contribution < -0.4 is 10.6 Å². The lowest BCUT2D eigenvalue weighted by Crippen LogP contribution is -2.45. The van der Waals surface area contributed by atoms with Crippen molar-refractivity contribution in [3.8, 4) is 0 Å². The van der Waals surface area contributed by atoms with E-state index < -0.39 is 23.7 Å². The van der Waals surface area contributed by atoms with E-state index in [0.717, 1.165) is 0 Å². The van der Waals surface area contributed by atoms with Crippen LogP contribution in [0, 0.1) is 11.3 Å². The van der Waals surface area contributed by atoms with Gasteiger partial charge in [-0.1, -0.05) is 24.3 Å². The first-order valence-corrected chi connectivity index (χ1v) is 7.53. The third-order valence-corrected chi connectivity index (χ3v) is 3.97. The summed E-state index contributed by atoms with van der Waals surface area (Å²) in [6.07, 6.45) is 6.27. The van der Waals surface area contributed by atoms with E-state index in [2.05, 4.69) is 15.7 Å². The highest BCUT2D eigenvalue weighted by Gasteiger charge is 2.43. The fourth-order valence-corrected chi connectivity index (χ4v) is 2.44. The molecule has 2 amide bonds. The SMILES string of the molecule is Cn1cc(C(=O)NCCNC(=O)C2C=CC=CC2(C)C(F)F)cn1. The maximum absolute atomic E-state index is 13.3. The summed E-state index contributed by atoms with van der Waals surface area (Å²) in [7, 11) is 1.70. The Morgan fingerprint density at radius 1 is 1.33 bits per heavy atom. The van der Waals surface area contributed by atoms with Gasteiger partial charge in [-0.25, -0.2) is 8.78 Å². The zero-order valence-corrected chi connectivity index (χ0v) is 13.5. The molecule has 0 radical (unpaired) electrons. The normalized spacial score (nSPS) is 22.6. The molecule has 1 aromatic rings. The van der Waals surface area contributed by atoms with Crippen LogP contribution in [-0.4, -0.2) is 41.1 Å². The van der Waals surface area contributed by atoms with Gasteiger partial charge in [0.25, 0.3) is 5.91 Å². The second-order valence-electron chi connectivity index (χ2n) is 5.84. The Bertz CT molecular complexity index is 669. The molecule has 1 aliphatic carbocycles. The molecule has 2 rings (SSSR count). The average Bonchev–Trinajstić information content (AvgIpc) is 2.98. The molecule has 2 atom stereocenters. The summed E-state index contributed by atoms with van der Waals surface area (Å²) in [6, 6.07) is 0. The lowest BCUT2D eigenvalue weighted by Gasteiger charge is -2.33. The summed E-state index contributed by atoms with van der Waals surface area (Å²) in [5.41, 5.74) is -1.12. The number of alkyl halides is 2. The number of carbonyl (C=O) groups excluding carboxylic acids is 2. The van der Waals surface area contributed by atoms with E-state index in [-0.39, 0.29) is 19.0 Å². The van der Waals surface area contributed by atoms with Gasteiger partial charge in [-0.05, 0) is 6.92 Å². The number of aromatic nitrogens is 2. The van der Waals surface area contributed by atoms with Gasteiger partial charge in [-0.3, -0.25) is 14.3 Å². The third-order valence-electron chi connectivity index (χ3n) is 3.97. The van der Waals surface area contributed by atoms with Gasteiger partial charge in [0.05, 0.1) is 23.1 Å². The zero-order chi connectivity index (χ0) is 17.7. The van der Waals surface area contributed by atoms with Gasteiger partial charge in [-0.2, -0.15) is 5.10 Å². The standard InChI is InChI=1S/C16H20F2N4O2/c1-16(15(17)18)6-4-3-5-12(16)14(24)20-8-7-19-13(23)11-9-21-22(2)10-11/h3-6,9-10,12,15H,7-8H2,1-2H3,(H,19,23)(H,20,24). The second kappa shape index (κ2) is 7.37. The first kappa shape index (κ1) is 17.8. The summed E-state index contributed by atoms with van der Waals surface area (Å²) in [5, 5.41) is 9.10. The summed E-state index contributed by atoms with van der Waals surface area (Å²) in [6.45, 7) is 1.70. The first-order valence-electron chi connectivity index (χ1n) is 7.53. The molecule has 0 aliphatic heterocycles. The fraction of sp³-hybridized carbons (Fsp3) is 0.438. The molecule has 1 aromatic heterocycles. The highest BCUT2D eigenvalue weighted by molar-refractivity contribution is 5.93. The minimum Gasteiger partial charge on any atom is -0.354 e. The van der Waals surface area contributed by atoms with E-state index in [0.29, 0.717) is 5.56 Å². The molecule has 8 heteroatoms. The molecule has 1 heterocycles. The van der Waals surface area contributed by atoms with Crippen molar-refractivity contribution in [2.45, 2.75) is 13.3 Å². The van der Waals surface area contributed by atoms with Gasteiger partial charge in [0, 0.05) is 26.3 Å². The predicted molar refractivity (Wildman–Crippen MR) is 84.4 cm³/mol. The van der Waals surface area contributed by atoms with E-state index >= 15 is 0 Å². The van der Waals surface area contributed by atoms with Crippen molar-refractivity contribution in [2.24, 2.45) is 18.4 Å². The number of carbonyl (C=O) groups is 2. The molecule has 2 N–H and O–H groups in total. The summed E-state index contributed by atoms with van der Waals surface area (Å²) in [4.78, 5) is 24.0. The molecule has 0 saturated heterocycles. The molecule has 0 fully saturated rings. The van der Waals surface area contributed by atoms with Crippen LogP contribution in [0.25, 0.3) is 0 Å². The quantitative estimate of drug-likeness (QED) is 0.767. The smallest absolute Gasteiger partial charge is 0.254 e. The number of halogens is 2. The van der Waals surface area contributed by atoms with Crippen molar-refractivity contribution in [1.82, 2.24) is 20.4 Å². The van der Waals surface area contributed by atoms with Gasteiger partial charge in [0.1, 0.15) is 0 Å². The van der Waals surface area contributed by atoms with Gasteiger partial charge in [-0.15, -0.1) is 0 Å². The predicted octanol–water partition coefficient (Wildman–Crippen LogP) is 1.28. The van der Waals surface area contributed by atoms with Gasteiger partial charge in [0.2, 0.25) is 12.3 Å². The number of rotatable bonds is 6. The Labute approximate surface area is 138 Å². The van der Waals surface area contributed by atoms with Crippen molar-refractivity contribution in [3.63, 3.8) is 0 Å². The highest BCUT2D eigenvalue weighted by atomic mass is 19.3. The summed E-state index contributed by atoms with van der Waals surface area (Å²) < 4.78 is 28.0. The van der Waals surface area contributed by atoms with Crippen LogP contribution in [0.4, 0.5) is 8.78 Å². The highest BCUT2D eigenvalue weighted by Crippen LogP contribution is 2.39. The Kier molecular flexibility index (Phi) is 5.48. The Balaban J connectivity index is 1.82. The van der Waals surface area contributed by atoms with Gasteiger partial charge < -0.3 is 10.6 Å². The maximum Gasteiger partial charge on any atom is 0.254 e. The number of aryl methyl sites for hydroxylation is 1. The average molecular weight is 338 g/mol. The van der Waals surface area contributed by atoms with E-state index in [1.165, 1.54) is 36.0 Å². The molecule has 2 unspecified atom stereocenters. The van der Waals surface area contributed by atoms with E-state index in [1.54, 1.807) is 19.3 Å². The van der Waals surface area contributed by atoms with Crippen LogP contribution in [0.2, 0.25) is 0 Å². The lowest BCUT2D eigenvalue weighted by molar-refractivity contribution is -0.129. The number of hydrogen-bond acceptors (Lipinski definition) is 3. The fourth-order valence-electron chi connectivity index (χ4n) is 2.44. The summed E-state index contributed by atoms with van der Waals surface area (Å²) >= 11 is 0. The first-order chi connectivity index (χ1) is 11.3. The Morgan fingerprint density at radius 3 is 2.67 bits per heavy atom. The Morgan fingerprint density at radius 2 is 2.04 bits per heavy atom. The molecule has 6 nitrogen and oxygen atoms in total. The van der Waals surface area contributed by atoms with Crippen molar-refractivity contribution in [1.29, 1.82) is 0 Å². The molecule has 1 aliphatic rings. The van der Waals surface area contributed by atoms with Crippen molar-refractivity contribution < 1.29 is 18.4 Å². The number of hydrogen-bond donors (Lipinski definition) is 2. The Hall–Kier alpha value is -2.51. The largest absolute Gasteiger partial charge is 0.354 e. The molecular formula is C16H20F2N4O2. The molecule has 0 bridgehead atoms. The molecule has 24 heavy (non-hydrogen) atoms. The summed E-state index contributed by atoms with van der Waals surface area (Å²) in [5.74, 6) is -1.75. The molecular weight excluding hydrogens is 318 g/mol. The monoisotopic (exact) mass is 338 g/mol. The van der Waals surface area contributed by atoms with Crippen LogP contribution in [-0.2, 0) is 11.8 Å². The molecule has 0 saturated carbocycles. The lowest BCUT2D eigenvalue weighted by atomic mass is 9.74. The van der Waals surface area contributed by atoms with Crippen molar-refractivity contribution in [3.05, 3.63) is 42.3 Å². The number of nitrogens with zero attached hydrogens (tertiary/aromatic N) is 2. The van der Waals surface area contributed by atoms with Crippen LogP contribution in [0.15, 0.2) is 36.7 Å². The maximum atomic E-state index is 13.3. The third kappa shape index (κ3) is 3.87. The van der Waals surface area contributed by atoms with Crippen LogP contribution in [0.3, 0.4) is 0 Å². The van der Waals surface area contributed by atoms with Crippen LogP contribution in [0.1, 0.15) is 17.3 Å². The van der Waals surface area contributed by atoms with E-state index in [4.69, 9.17) is 0 Å². The topological polar surface area (TPSA) is 76.0 Å². The minimum atomic E-state index is -2.65. The molecule has 0 spiro atoms. The van der Waals surface area contributed by atoms with Gasteiger partial charge >= 0.3 is 0 Å². The second-order valence-corrected chi connectivity index (χ2v) is 5.84. The van der Waals surface area contributed by atoms with Gasteiger partial charge in [0.15, 0.2) is 0 Å². The number of allylic oxidation sites excluding steroid dienone is 3. The molecule has 0 aromatic carbocycles. The molecule has 130 valence electrons. The van der Waals surface area contributed by atoms with E-state index in [9.17, 15) is 18.4 Å². The van der Waals surface area contributed by atoms with Crippen LogP contribution >= 0.6 is 0 Å². The zero-order valence-electron chi connectivity index (χ0n) is 13.5. The number of nitrogens with one attached hydrogen (secondary N) is 2. The number of amides is 2.